The van der Waals surface area contributed by atoms with Gasteiger partial charge in [0.05, 0.1) is 12.1 Å². The Hall–Kier alpha value is -1.73. The van der Waals surface area contributed by atoms with Gasteiger partial charge in [0.1, 0.15) is 5.82 Å². The van der Waals surface area contributed by atoms with Gasteiger partial charge >= 0.3 is 0 Å². The molecule has 100 valence electrons. The molecule has 2 aromatic rings. The molecule has 2 aromatic heterocycles. The zero-order valence-electron chi connectivity index (χ0n) is 10.6. The van der Waals surface area contributed by atoms with Crippen molar-refractivity contribution in [3.05, 3.63) is 44.6 Å². The van der Waals surface area contributed by atoms with Crippen LogP contribution in [0.25, 0.3) is 0 Å². The summed E-state index contributed by atoms with van der Waals surface area (Å²) in [6.45, 7) is 2.27. The molecule has 1 aliphatic heterocycles. The Balaban J connectivity index is 1.85. The molecule has 7 heteroatoms. The van der Waals surface area contributed by atoms with Gasteiger partial charge in [0.25, 0.3) is 5.56 Å². The predicted octanol–water partition coefficient (Wildman–Crippen LogP) is 0.724. The molecule has 0 atom stereocenters. The zero-order chi connectivity index (χ0) is 13.4. The van der Waals surface area contributed by atoms with Crippen LogP contribution in [0.2, 0.25) is 0 Å². The monoisotopic (exact) mass is 277 g/mol. The number of hydrogen-bond donors (Lipinski definition) is 2. The number of H-pyrrole nitrogens is 2. The number of rotatable bonds is 2. The molecule has 0 fully saturated rings. The number of aromatic nitrogens is 4. The Morgan fingerprint density at radius 1 is 1.47 bits per heavy atom. The summed E-state index contributed by atoms with van der Waals surface area (Å²) >= 11 is 4.99. The molecule has 0 radical (unpaired) electrons. The van der Waals surface area contributed by atoms with Gasteiger partial charge in [-0.3, -0.25) is 14.7 Å². The molecule has 6 nitrogen and oxygen atoms in total. The van der Waals surface area contributed by atoms with Gasteiger partial charge in [-0.2, -0.15) is 0 Å². The number of nitrogens with one attached hydrogen (secondary N) is 2. The van der Waals surface area contributed by atoms with Crippen molar-refractivity contribution in [1.29, 1.82) is 0 Å². The van der Waals surface area contributed by atoms with Crippen LogP contribution in [0.1, 0.15) is 17.1 Å². The predicted molar refractivity (Wildman–Crippen MR) is 73.3 cm³/mol. The van der Waals surface area contributed by atoms with Crippen molar-refractivity contribution < 1.29 is 0 Å². The van der Waals surface area contributed by atoms with Crippen LogP contribution < -0.4 is 5.56 Å². The number of nitrogens with zero attached hydrogens (tertiary/aromatic N) is 3. The lowest BCUT2D eigenvalue weighted by molar-refractivity contribution is 0.233. The van der Waals surface area contributed by atoms with Gasteiger partial charge in [0.15, 0.2) is 4.77 Å². The first-order valence-corrected chi connectivity index (χ1v) is 6.57. The lowest BCUT2D eigenvalue weighted by atomic mass is 10.1. The van der Waals surface area contributed by atoms with Crippen molar-refractivity contribution in [2.75, 3.05) is 6.54 Å². The van der Waals surface area contributed by atoms with Gasteiger partial charge in [-0.1, -0.05) is 0 Å². The van der Waals surface area contributed by atoms with Crippen LogP contribution in [-0.4, -0.2) is 31.0 Å². The molecule has 0 bridgehead atoms. The molecular formula is C12H15N5OS. The first kappa shape index (κ1) is 12.3. The van der Waals surface area contributed by atoms with E-state index in [9.17, 15) is 4.79 Å². The summed E-state index contributed by atoms with van der Waals surface area (Å²) in [7, 11) is 1.98. The minimum atomic E-state index is -0.0803. The highest BCUT2D eigenvalue weighted by Crippen LogP contribution is 2.15. The van der Waals surface area contributed by atoms with E-state index in [1.54, 1.807) is 6.20 Å². The minimum Gasteiger partial charge on any atom is -0.337 e. The van der Waals surface area contributed by atoms with Crippen LogP contribution >= 0.6 is 12.2 Å². The molecule has 19 heavy (non-hydrogen) atoms. The van der Waals surface area contributed by atoms with Crippen LogP contribution in [0.4, 0.5) is 0 Å². The van der Waals surface area contributed by atoms with E-state index in [0.29, 0.717) is 11.3 Å². The largest absolute Gasteiger partial charge is 0.337 e. The summed E-state index contributed by atoms with van der Waals surface area (Å²) < 4.78 is 2.40. The van der Waals surface area contributed by atoms with Gasteiger partial charge in [-0.05, 0) is 12.2 Å². The van der Waals surface area contributed by atoms with Crippen LogP contribution in [-0.2, 0) is 26.6 Å². The molecule has 0 unspecified atom stereocenters. The molecule has 0 saturated heterocycles. The van der Waals surface area contributed by atoms with Crippen molar-refractivity contribution in [2.24, 2.45) is 7.05 Å². The second-order valence-electron chi connectivity index (χ2n) is 4.78. The van der Waals surface area contributed by atoms with Gasteiger partial charge in [0.2, 0.25) is 0 Å². The van der Waals surface area contributed by atoms with E-state index < -0.39 is 0 Å². The van der Waals surface area contributed by atoms with Gasteiger partial charge in [0, 0.05) is 44.6 Å². The van der Waals surface area contributed by atoms with Crippen molar-refractivity contribution in [3.63, 3.8) is 0 Å². The van der Waals surface area contributed by atoms with Gasteiger partial charge in [-0.15, -0.1) is 0 Å². The van der Waals surface area contributed by atoms with E-state index in [0.717, 1.165) is 36.6 Å². The average molecular weight is 277 g/mol. The van der Waals surface area contributed by atoms with E-state index >= 15 is 0 Å². The Labute approximate surface area is 115 Å². The highest BCUT2D eigenvalue weighted by Gasteiger charge is 2.20. The van der Waals surface area contributed by atoms with Crippen molar-refractivity contribution in [1.82, 2.24) is 24.4 Å². The van der Waals surface area contributed by atoms with Crippen molar-refractivity contribution in [2.45, 2.75) is 19.5 Å². The molecule has 3 rings (SSSR count). The lowest BCUT2D eigenvalue weighted by Gasteiger charge is -2.27. The maximum atomic E-state index is 11.9. The Morgan fingerprint density at radius 2 is 2.32 bits per heavy atom. The average Bonchev–Trinajstić information content (AvgIpc) is 2.76. The molecule has 1 aliphatic rings. The van der Waals surface area contributed by atoms with Crippen LogP contribution in [0.3, 0.4) is 0 Å². The molecule has 0 amide bonds. The molecule has 0 aromatic carbocycles. The normalized spacial score (nSPS) is 15.4. The van der Waals surface area contributed by atoms with Crippen LogP contribution in [0, 0.1) is 4.77 Å². The minimum absolute atomic E-state index is 0.0803. The third-order valence-electron chi connectivity index (χ3n) is 3.48. The Kier molecular flexibility index (Phi) is 3.08. The number of aryl methyl sites for hydroxylation is 1. The van der Waals surface area contributed by atoms with Crippen molar-refractivity contribution >= 4 is 12.2 Å². The molecule has 0 aliphatic carbocycles. The molecule has 0 saturated carbocycles. The first-order chi connectivity index (χ1) is 9.13. The zero-order valence-corrected chi connectivity index (χ0v) is 11.5. The Bertz CT molecular complexity index is 713. The van der Waals surface area contributed by atoms with E-state index in [1.165, 1.54) is 0 Å². The summed E-state index contributed by atoms with van der Waals surface area (Å²) in [6, 6.07) is 0. The number of fused-ring (bicyclic) bond motifs is 1. The summed E-state index contributed by atoms with van der Waals surface area (Å²) in [5, 5.41) is 0. The number of hydrogen-bond acceptors (Lipinski definition) is 4. The lowest BCUT2D eigenvalue weighted by Crippen LogP contribution is -2.35. The highest BCUT2D eigenvalue weighted by atomic mass is 32.1. The summed E-state index contributed by atoms with van der Waals surface area (Å²) in [6.07, 6.45) is 4.53. The summed E-state index contributed by atoms with van der Waals surface area (Å²) in [4.78, 5) is 24.2. The van der Waals surface area contributed by atoms with Crippen LogP contribution in [0.15, 0.2) is 17.2 Å². The second-order valence-corrected chi connectivity index (χ2v) is 5.19. The van der Waals surface area contributed by atoms with E-state index in [1.807, 2.05) is 17.8 Å². The topological polar surface area (TPSA) is 69.7 Å². The summed E-state index contributed by atoms with van der Waals surface area (Å²) in [5.74, 6) is 1.00. The third kappa shape index (κ3) is 2.39. The molecule has 3 heterocycles. The van der Waals surface area contributed by atoms with E-state index in [2.05, 4.69) is 19.9 Å². The standard InChI is InChI=1S/C12H15N5OS/c1-16-5-3-13-10(16)7-17-4-2-9-8(6-17)11(18)15-12(19)14-9/h3,5H,2,4,6-7H2,1H3,(H2,14,15,18,19). The van der Waals surface area contributed by atoms with Gasteiger partial charge < -0.3 is 9.55 Å². The highest BCUT2D eigenvalue weighted by molar-refractivity contribution is 7.71. The molecule has 0 spiro atoms. The third-order valence-corrected chi connectivity index (χ3v) is 3.68. The second kappa shape index (κ2) is 4.75. The summed E-state index contributed by atoms with van der Waals surface area (Å²) in [5.41, 5.74) is 1.67. The quantitative estimate of drug-likeness (QED) is 0.794. The SMILES string of the molecule is Cn1ccnc1CN1CCc2[nH]c(=S)[nH]c(=O)c2C1. The fraction of sp³-hybridized carbons (Fsp3) is 0.417. The van der Waals surface area contributed by atoms with Crippen molar-refractivity contribution in [3.8, 4) is 0 Å². The maximum Gasteiger partial charge on any atom is 0.256 e. The molecule has 2 N–H and O–H groups in total. The molecular weight excluding hydrogens is 262 g/mol. The van der Waals surface area contributed by atoms with E-state index in [4.69, 9.17) is 12.2 Å². The number of aromatic amines is 2. The first-order valence-electron chi connectivity index (χ1n) is 6.16. The smallest absolute Gasteiger partial charge is 0.256 e. The Morgan fingerprint density at radius 3 is 3.05 bits per heavy atom. The fourth-order valence-electron chi connectivity index (χ4n) is 2.40. The van der Waals surface area contributed by atoms with Gasteiger partial charge in [-0.25, -0.2) is 4.98 Å². The van der Waals surface area contributed by atoms with E-state index in [-0.39, 0.29) is 5.56 Å². The fourth-order valence-corrected chi connectivity index (χ4v) is 2.61. The van der Waals surface area contributed by atoms with Crippen LogP contribution in [0.5, 0.6) is 0 Å². The number of imidazole rings is 1. The maximum absolute atomic E-state index is 11.9.